The lowest BCUT2D eigenvalue weighted by atomic mass is 10.1. The van der Waals surface area contributed by atoms with Crippen molar-refractivity contribution in [1.29, 1.82) is 0 Å². The summed E-state index contributed by atoms with van der Waals surface area (Å²) in [6, 6.07) is 6.11. The van der Waals surface area contributed by atoms with Crippen LogP contribution in [0.3, 0.4) is 0 Å². The molecule has 90 valence electrons. The van der Waals surface area contributed by atoms with Gasteiger partial charge in [-0.15, -0.1) is 0 Å². The third-order valence-electron chi connectivity index (χ3n) is 2.91. The molecule has 2 aromatic heterocycles. The molecule has 17 heavy (non-hydrogen) atoms. The minimum Gasteiger partial charge on any atom is -0.282 e. The average molecular weight is 229 g/mol. The predicted molar refractivity (Wildman–Crippen MR) is 69.7 cm³/mol. The number of rotatable bonds is 6. The third kappa shape index (κ3) is 3.41. The van der Waals surface area contributed by atoms with E-state index >= 15 is 0 Å². The van der Waals surface area contributed by atoms with E-state index in [1.165, 1.54) is 31.4 Å². The molecule has 0 saturated carbocycles. The maximum absolute atomic E-state index is 4.33. The lowest BCUT2D eigenvalue weighted by molar-refractivity contribution is 0.659. The first kappa shape index (κ1) is 11.8. The highest BCUT2D eigenvalue weighted by Crippen LogP contribution is 2.17. The molecular weight excluding hydrogens is 210 g/mol. The molecule has 0 aromatic carbocycles. The predicted octanol–water partition coefficient (Wildman–Crippen LogP) is 3.59. The Morgan fingerprint density at radius 1 is 1.12 bits per heavy atom. The standard InChI is InChI=1S/C14H19N3/c1-2-3-4-5-6-13-11-14(17-16-13)12-7-9-15-10-8-12/h7-11H,2-6H2,1H3,(H,16,17). The fourth-order valence-corrected chi connectivity index (χ4v) is 1.90. The van der Waals surface area contributed by atoms with Gasteiger partial charge in [-0.25, -0.2) is 0 Å². The number of hydrogen-bond donors (Lipinski definition) is 1. The van der Waals surface area contributed by atoms with Crippen molar-refractivity contribution in [3.63, 3.8) is 0 Å². The van der Waals surface area contributed by atoms with Gasteiger partial charge in [0.15, 0.2) is 0 Å². The molecule has 0 aliphatic rings. The van der Waals surface area contributed by atoms with E-state index in [-0.39, 0.29) is 0 Å². The number of aryl methyl sites for hydroxylation is 1. The summed E-state index contributed by atoms with van der Waals surface area (Å²) in [4.78, 5) is 4.01. The molecule has 2 aromatic rings. The van der Waals surface area contributed by atoms with Gasteiger partial charge in [-0.2, -0.15) is 5.10 Å². The van der Waals surface area contributed by atoms with Gasteiger partial charge < -0.3 is 0 Å². The van der Waals surface area contributed by atoms with Crippen molar-refractivity contribution in [2.75, 3.05) is 0 Å². The molecule has 0 fully saturated rings. The Balaban J connectivity index is 1.92. The number of hydrogen-bond acceptors (Lipinski definition) is 2. The second-order valence-corrected chi connectivity index (χ2v) is 4.32. The molecule has 3 heteroatoms. The SMILES string of the molecule is CCCCCCc1cc(-c2ccncc2)n[nH]1. The number of unbranched alkanes of at least 4 members (excludes halogenated alkanes) is 3. The molecular formula is C14H19N3. The molecule has 0 amide bonds. The van der Waals surface area contributed by atoms with Crippen molar-refractivity contribution in [3.05, 3.63) is 36.3 Å². The minimum absolute atomic E-state index is 1.01. The van der Waals surface area contributed by atoms with E-state index in [2.05, 4.69) is 28.2 Å². The molecule has 0 unspecified atom stereocenters. The summed E-state index contributed by atoms with van der Waals surface area (Å²) >= 11 is 0. The van der Waals surface area contributed by atoms with Crippen LogP contribution in [0.4, 0.5) is 0 Å². The molecule has 0 aliphatic carbocycles. The topological polar surface area (TPSA) is 41.6 Å². The second kappa shape index (κ2) is 6.18. The van der Waals surface area contributed by atoms with Gasteiger partial charge in [-0.05, 0) is 31.0 Å². The van der Waals surface area contributed by atoms with Gasteiger partial charge in [0.25, 0.3) is 0 Å². The van der Waals surface area contributed by atoms with Crippen molar-refractivity contribution >= 4 is 0 Å². The maximum atomic E-state index is 4.33. The molecule has 0 aliphatic heterocycles. The van der Waals surface area contributed by atoms with Gasteiger partial charge in [0.1, 0.15) is 0 Å². The fraction of sp³-hybridized carbons (Fsp3) is 0.429. The molecule has 2 rings (SSSR count). The van der Waals surface area contributed by atoms with Gasteiger partial charge in [0.05, 0.1) is 5.69 Å². The maximum Gasteiger partial charge on any atom is 0.0924 e. The van der Waals surface area contributed by atoms with Crippen LogP contribution < -0.4 is 0 Å². The van der Waals surface area contributed by atoms with Crippen LogP contribution >= 0.6 is 0 Å². The summed E-state index contributed by atoms with van der Waals surface area (Å²) in [6.45, 7) is 2.23. The van der Waals surface area contributed by atoms with E-state index in [4.69, 9.17) is 0 Å². The number of nitrogens with zero attached hydrogens (tertiary/aromatic N) is 2. The first-order valence-corrected chi connectivity index (χ1v) is 6.35. The summed E-state index contributed by atoms with van der Waals surface area (Å²) in [5.74, 6) is 0. The summed E-state index contributed by atoms with van der Waals surface area (Å²) in [6.07, 6.45) is 9.84. The Bertz CT molecular complexity index is 434. The number of H-pyrrole nitrogens is 1. The van der Waals surface area contributed by atoms with E-state index in [1.807, 2.05) is 12.1 Å². The highest BCUT2D eigenvalue weighted by atomic mass is 15.1. The molecule has 3 nitrogen and oxygen atoms in total. The zero-order valence-electron chi connectivity index (χ0n) is 10.3. The molecule has 0 saturated heterocycles. The van der Waals surface area contributed by atoms with Crippen molar-refractivity contribution in [3.8, 4) is 11.3 Å². The smallest absolute Gasteiger partial charge is 0.0924 e. The number of nitrogens with one attached hydrogen (secondary N) is 1. The molecule has 0 atom stereocenters. The molecule has 0 radical (unpaired) electrons. The Kier molecular flexibility index (Phi) is 4.30. The summed E-state index contributed by atoms with van der Waals surface area (Å²) < 4.78 is 0. The highest BCUT2D eigenvalue weighted by molar-refractivity contribution is 5.58. The average Bonchev–Trinajstić information content (AvgIpc) is 2.85. The van der Waals surface area contributed by atoms with Crippen LogP contribution in [0.15, 0.2) is 30.6 Å². The lowest BCUT2D eigenvalue weighted by Gasteiger charge is -1.96. The fourth-order valence-electron chi connectivity index (χ4n) is 1.90. The molecule has 0 bridgehead atoms. The van der Waals surface area contributed by atoms with Crippen LogP contribution in [0, 0.1) is 0 Å². The van der Waals surface area contributed by atoms with Crippen LogP contribution in [0.25, 0.3) is 11.3 Å². The molecule has 0 spiro atoms. The monoisotopic (exact) mass is 229 g/mol. The van der Waals surface area contributed by atoms with E-state index in [0.717, 1.165) is 17.7 Å². The van der Waals surface area contributed by atoms with E-state index in [0.29, 0.717) is 0 Å². The minimum atomic E-state index is 1.01. The van der Waals surface area contributed by atoms with Crippen molar-refractivity contribution in [2.45, 2.75) is 39.0 Å². The number of pyridine rings is 1. The van der Waals surface area contributed by atoms with Gasteiger partial charge >= 0.3 is 0 Å². The largest absolute Gasteiger partial charge is 0.282 e. The van der Waals surface area contributed by atoms with Crippen molar-refractivity contribution < 1.29 is 0 Å². The van der Waals surface area contributed by atoms with Crippen LogP contribution in [-0.4, -0.2) is 15.2 Å². The Labute approximate surface area is 102 Å². The van der Waals surface area contributed by atoms with Gasteiger partial charge in [0.2, 0.25) is 0 Å². The van der Waals surface area contributed by atoms with Gasteiger partial charge in [-0.3, -0.25) is 10.1 Å². The summed E-state index contributed by atoms with van der Waals surface area (Å²) in [7, 11) is 0. The Morgan fingerprint density at radius 3 is 2.71 bits per heavy atom. The normalized spacial score (nSPS) is 10.6. The number of aromatic nitrogens is 3. The summed E-state index contributed by atoms with van der Waals surface area (Å²) in [5, 5.41) is 7.44. The van der Waals surface area contributed by atoms with Crippen LogP contribution in [0.1, 0.15) is 38.3 Å². The van der Waals surface area contributed by atoms with Gasteiger partial charge in [-0.1, -0.05) is 26.2 Å². The molecule has 2 heterocycles. The summed E-state index contributed by atoms with van der Waals surface area (Å²) in [5.41, 5.74) is 3.36. The lowest BCUT2D eigenvalue weighted by Crippen LogP contribution is -1.85. The highest BCUT2D eigenvalue weighted by Gasteiger charge is 2.03. The van der Waals surface area contributed by atoms with E-state index in [9.17, 15) is 0 Å². The van der Waals surface area contributed by atoms with Crippen LogP contribution in [0.5, 0.6) is 0 Å². The van der Waals surface area contributed by atoms with Crippen molar-refractivity contribution in [2.24, 2.45) is 0 Å². The number of aromatic amines is 1. The Hall–Kier alpha value is -1.64. The first-order chi connectivity index (χ1) is 8.40. The van der Waals surface area contributed by atoms with E-state index in [1.54, 1.807) is 12.4 Å². The zero-order valence-corrected chi connectivity index (χ0v) is 10.3. The van der Waals surface area contributed by atoms with E-state index < -0.39 is 0 Å². The zero-order chi connectivity index (χ0) is 11.9. The second-order valence-electron chi connectivity index (χ2n) is 4.32. The molecule has 1 N–H and O–H groups in total. The van der Waals surface area contributed by atoms with Crippen molar-refractivity contribution in [1.82, 2.24) is 15.2 Å². The first-order valence-electron chi connectivity index (χ1n) is 6.35. The van der Waals surface area contributed by atoms with Gasteiger partial charge in [0, 0.05) is 23.7 Å². The third-order valence-corrected chi connectivity index (χ3v) is 2.91. The Morgan fingerprint density at radius 2 is 1.94 bits per heavy atom. The van der Waals surface area contributed by atoms with Crippen LogP contribution in [-0.2, 0) is 6.42 Å². The van der Waals surface area contributed by atoms with Crippen LogP contribution in [0.2, 0.25) is 0 Å². The quantitative estimate of drug-likeness (QED) is 0.769.